The number of hydrogen-bond donors (Lipinski definition) is 0. The first-order valence-corrected chi connectivity index (χ1v) is 4.15. The normalized spacial score (nSPS) is 13.7. The van der Waals surface area contributed by atoms with Gasteiger partial charge in [0.2, 0.25) is 0 Å². The SMILES string of the molecule is CC(C)C(=O)O[C@@H](C)C(C)C. The van der Waals surface area contributed by atoms with Crippen molar-refractivity contribution in [1.29, 1.82) is 0 Å². The molecule has 0 aromatic rings. The topological polar surface area (TPSA) is 26.3 Å². The molecule has 2 heteroatoms. The summed E-state index contributed by atoms with van der Waals surface area (Å²) in [5.74, 6) is 0.278. The number of ether oxygens (including phenoxy) is 1. The van der Waals surface area contributed by atoms with Gasteiger partial charge in [0.1, 0.15) is 6.10 Å². The quantitative estimate of drug-likeness (QED) is 0.589. The summed E-state index contributed by atoms with van der Waals surface area (Å²) < 4.78 is 5.13. The molecule has 0 saturated carbocycles. The summed E-state index contributed by atoms with van der Waals surface area (Å²) in [6, 6.07) is 0. The fourth-order valence-electron chi connectivity index (χ4n) is 0.455. The van der Waals surface area contributed by atoms with Gasteiger partial charge in [0.15, 0.2) is 0 Å². The molecule has 0 aliphatic rings. The Morgan fingerprint density at radius 1 is 1.09 bits per heavy atom. The van der Waals surface area contributed by atoms with Crippen LogP contribution < -0.4 is 0 Å². The summed E-state index contributed by atoms with van der Waals surface area (Å²) >= 11 is 0. The third-order valence-electron chi connectivity index (χ3n) is 1.71. The molecule has 0 amide bonds. The highest BCUT2D eigenvalue weighted by molar-refractivity contribution is 5.71. The van der Waals surface area contributed by atoms with E-state index >= 15 is 0 Å². The van der Waals surface area contributed by atoms with Crippen molar-refractivity contribution >= 4 is 5.97 Å². The van der Waals surface area contributed by atoms with Gasteiger partial charge in [0.25, 0.3) is 0 Å². The number of hydrogen-bond acceptors (Lipinski definition) is 2. The van der Waals surface area contributed by atoms with E-state index in [4.69, 9.17) is 4.74 Å². The second-order valence-corrected chi connectivity index (χ2v) is 3.54. The van der Waals surface area contributed by atoms with Gasteiger partial charge in [0, 0.05) is 0 Å². The number of rotatable bonds is 3. The van der Waals surface area contributed by atoms with Gasteiger partial charge in [-0.25, -0.2) is 0 Å². The zero-order valence-corrected chi connectivity index (χ0v) is 8.05. The predicted octanol–water partition coefficient (Wildman–Crippen LogP) is 2.23. The molecule has 0 aromatic heterocycles. The fraction of sp³-hybridized carbons (Fsp3) is 0.889. The van der Waals surface area contributed by atoms with Gasteiger partial charge < -0.3 is 4.74 Å². The molecular formula is C9H18O2. The molecule has 2 nitrogen and oxygen atoms in total. The van der Waals surface area contributed by atoms with Gasteiger partial charge in [0.05, 0.1) is 5.92 Å². The first-order chi connectivity index (χ1) is 4.95. The average Bonchev–Trinajstić information content (AvgIpc) is 1.87. The van der Waals surface area contributed by atoms with Crippen LogP contribution in [-0.2, 0) is 9.53 Å². The van der Waals surface area contributed by atoms with Crippen molar-refractivity contribution in [2.24, 2.45) is 11.8 Å². The largest absolute Gasteiger partial charge is 0.462 e. The lowest BCUT2D eigenvalue weighted by molar-refractivity contribution is -0.153. The highest BCUT2D eigenvalue weighted by Crippen LogP contribution is 2.08. The molecule has 0 aromatic carbocycles. The van der Waals surface area contributed by atoms with E-state index in [1.165, 1.54) is 0 Å². The molecule has 11 heavy (non-hydrogen) atoms. The van der Waals surface area contributed by atoms with Crippen molar-refractivity contribution in [3.05, 3.63) is 0 Å². The molecule has 0 aliphatic heterocycles. The predicted molar refractivity (Wildman–Crippen MR) is 45.2 cm³/mol. The Morgan fingerprint density at radius 3 is 1.82 bits per heavy atom. The monoisotopic (exact) mass is 158 g/mol. The lowest BCUT2D eigenvalue weighted by Crippen LogP contribution is -2.23. The Morgan fingerprint density at radius 2 is 1.55 bits per heavy atom. The summed E-state index contributed by atoms with van der Waals surface area (Å²) in [6.45, 7) is 9.69. The smallest absolute Gasteiger partial charge is 0.308 e. The minimum atomic E-state index is -0.105. The van der Waals surface area contributed by atoms with Crippen LogP contribution in [0.2, 0.25) is 0 Å². The van der Waals surface area contributed by atoms with E-state index in [2.05, 4.69) is 0 Å². The van der Waals surface area contributed by atoms with E-state index in [0.717, 1.165) is 0 Å². The molecule has 0 rings (SSSR count). The molecule has 0 bridgehead atoms. The zero-order valence-electron chi connectivity index (χ0n) is 8.05. The third-order valence-corrected chi connectivity index (χ3v) is 1.71. The van der Waals surface area contributed by atoms with Gasteiger partial charge in [-0.1, -0.05) is 27.7 Å². The average molecular weight is 158 g/mol. The Balaban J connectivity index is 3.76. The Kier molecular flexibility index (Phi) is 4.16. The van der Waals surface area contributed by atoms with Crippen LogP contribution in [0.25, 0.3) is 0 Å². The van der Waals surface area contributed by atoms with Crippen molar-refractivity contribution in [1.82, 2.24) is 0 Å². The van der Waals surface area contributed by atoms with Crippen LogP contribution in [0.4, 0.5) is 0 Å². The molecule has 0 heterocycles. The summed E-state index contributed by atoms with van der Waals surface area (Å²) in [5.41, 5.74) is 0. The van der Waals surface area contributed by atoms with Crippen LogP contribution in [0.5, 0.6) is 0 Å². The maximum absolute atomic E-state index is 11.0. The van der Waals surface area contributed by atoms with Gasteiger partial charge in [-0.05, 0) is 12.8 Å². The first-order valence-electron chi connectivity index (χ1n) is 4.15. The molecular weight excluding hydrogens is 140 g/mol. The van der Waals surface area contributed by atoms with Crippen LogP contribution in [0.3, 0.4) is 0 Å². The Hall–Kier alpha value is -0.530. The van der Waals surface area contributed by atoms with Crippen LogP contribution in [0.15, 0.2) is 0 Å². The molecule has 0 radical (unpaired) electrons. The lowest BCUT2D eigenvalue weighted by atomic mass is 10.1. The summed E-state index contributed by atoms with van der Waals surface area (Å²) in [6.07, 6.45) is 0.0323. The van der Waals surface area contributed by atoms with E-state index in [1.807, 2.05) is 34.6 Å². The zero-order chi connectivity index (χ0) is 9.02. The van der Waals surface area contributed by atoms with Crippen molar-refractivity contribution in [2.45, 2.75) is 40.7 Å². The van der Waals surface area contributed by atoms with Crippen molar-refractivity contribution in [3.8, 4) is 0 Å². The van der Waals surface area contributed by atoms with Crippen LogP contribution in [-0.4, -0.2) is 12.1 Å². The molecule has 1 atom stereocenters. The maximum atomic E-state index is 11.0. The van der Waals surface area contributed by atoms with Gasteiger partial charge >= 0.3 is 5.97 Å². The molecule has 0 spiro atoms. The minimum Gasteiger partial charge on any atom is -0.462 e. The van der Waals surface area contributed by atoms with E-state index in [0.29, 0.717) is 5.92 Å². The Labute approximate surface area is 68.9 Å². The van der Waals surface area contributed by atoms with Gasteiger partial charge in [-0.15, -0.1) is 0 Å². The van der Waals surface area contributed by atoms with E-state index in [9.17, 15) is 4.79 Å². The molecule has 0 saturated heterocycles. The van der Waals surface area contributed by atoms with Crippen LogP contribution in [0.1, 0.15) is 34.6 Å². The lowest BCUT2D eigenvalue weighted by Gasteiger charge is -2.17. The van der Waals surface area contributed by atoms with E-state index in [-0.39, 0.29) is 18.0 Å². The summed E-state index contributed by atoms with van der Waals surface area (Å²) in [4.78, 5) is 11.0. The Bertz CT molecular complexity index is 128. The van der Waals surface area contributed by atoms with E-state index < -0.39 is 0 Å². The highest BCUT2D eigenvalue weighted by atomic mass is 16.5. The third kappa shape index (κ3) is 4.02. The maximum Gasteiger partial charge on any atom is 0.308 e. The van der Waals surface area contributed by atoms with Crippen molar-refractivity contribution < 1.29 is 9.53 Å². The summed E-state index contributed by atoms with van der Waals surface area (Å²) in [5, 5.41) is 0. The van der Waals surface area contributed by atoms with Crippen LogP contribution in [0, 0.1) is 11.8 Å². The minimum absolute atomic E-state index is 0.0174. The first kappa shape index (κ1) is 10.5. The second-order valence-electron chi connectivity index (χ2n) is 3.54. The second kappa shape index (κ2) is 4.37. The molecule has 0 fully saturated rings. The van der Waals surface area contributed by atoms with E-state index in [1.54, 1.807) is 0 Å². The summed E-state index contributed by atoms with van der Waals surface area (Å²) in [7, 11) is 0. The molecule has 0 unspecified atom stereocenters. The molecule has 66 valence electrons. The van der Waals surface area contributed by atoms with Crippen LogP contribution >= 0.6 is 0 Å². The number of carbonyl (C=O) groups excluding carboxylic acids is 1. The van der Waals surface area contributed by atoms with Crippen molar-refractivity contribution in [2.75, 3.05) is 0 Å². The molecule has 0 N–H and O–H groups in total. The highest BCUT2D eigenvalue weighted by Gasteiger charge is 2.14. The fourth-order valence-corrected chi connectivity index (χ4v) is 0.455. The van der Waals surface area contributed by atoms with Gasteiger partial charge in [-0.2, -0.15) is 0 Å². The number of esters is 1. The number of carbonyl (C=O) groups is 1. The van der Waals surface area contributed by atoms with Crippen molar-refractivity contribution in [3.63, 3.8) is 0 Å². The molecule has 0 aliphatic carbocycles. The standard InChI is InChI=1S/C9H18O2/c1-6(2)8(5)11-9(10)7(3)4/h6-8H,1-5H3/t8-/m0/s1. The van der Waals surface area contributed by atoms with Gasteiger partial charge in [-0.3, -0.25) is 4.79 Å².